The summed E-state index contributed by atoms with van der Waals surface area (Å²) in [5.74, 6) is 0. The lowest BCUT2D eigenvalue weighted by atomic mass is 10.0. The Morgan fingerprint density at radius 1 is 1.38 bits per heavy atom. The third-order valence-corrected chi connectivity index (χ3v) is 2.71. The molecule has 0 fully saturated rings. The lowest BCUT2D eigenvalue weighted by Crippen LogP contribution is -2.23. The minimum atomic E-state index is -0.511. The maximum atomic E-state index is 9.70. The molecule has 0 saturated carbocycles. The SMILES string of the molecule is CCN(CC)c1cc(C#N)ccc1[C@@H](C)O. The molecule has 3 heteroatoms. The molecule has 0 aliphatic carbocycles. The van der Waals surface area contributed by atoms with Crippen LogP contribution >= 0.6 is 0 Å². The summed E-state index contributed by atoms with van der Waals surface area (Å²) >= 11 is 0. The first-order chi connectivity index (χ1) is 7.63. The molecule has 1 atom stereocenters. The van der Waals surface area contributed by atoms with E-state index in [-0.39, 0.29) is 0 Å². The van der Waals surface area contributed by atoms with Gasteiger partial charge >= 0.3 is 0 Å². The Kier molecular flexibility index (Phi) is 4.33. The van der Waals surface area contributed by atoms with Crippen molar-refractivity contribution in [2.75, 3.05) is 18.0 Å². The Labute approximate surface area is 96.9 Å². The average Bonchev–Trinajstić information content (AvgIpc) is 2.30. The van der Waals surface area contributed by atoms with Crippen LogP contribution in [-0.2, 0) is 0 Å². The van der Waals surface area contributed by atoms with Crippen LogP contribution in [-0.4, -0.2) is 18.2 Å². The van der Waals surface area contributed by atoms with Crippen molar-refractivity contribution < 1.29 is 5.11 Å². The minimum Gasteiger partial charge on any atom is -0.389 e. The maximum absolute atomic E-state index is 9.70. The van der Waals surface area contributed by atoms with Gasteiger partial charge < -0.3 is 10.0 Å². The van der Waals surface area contributed by atoms with Crippen molar-refractivity contribution in [3.63, 3.8) is 0 Å². The number of rotatable bonds is 4. The second kappa shape index (κ2) is 5.53. The number of nitriles is 1. The maximum Gasteiger partial charge on any atom is 0.0992 e. The quantitative estimate of drug-likeness (QED) is 0.844. The first-order valence-electron chi connectivity index (χ1n) is 5.61. The molecule has 0 saturated heterocycles. The summed E-state index contributed by atoms with van der Waals surface area (Å²) in [7, 11) is 0. The highest BCUT2D eigenvalue weighted by Crippen LogP contribution is 2.27. The van der Waals surface area contributed by atoms with E-state index in [4.69, 9.17) is 5.26 Å². The summed E-state index contributed by atoms with van der Waals surface area (Å²) < 4.78 is 0. The van der Waals surface area contributed by atoms with Crippen LogP contribution in [0.4, 0.5) is 5.69 Å². The third-order valence-electron chi connectivity index (χ3n) is 2.71. The summed E-state index contributed by atoms with van der Waals surface area (Å²) in [4.78, 5) is 2.14. The molecule has 0 aromatic heterocycles. The Morgan fingerprint density at radius 3 is 2.44 bits per heavy atom. The van der Waals surface area contributed by atoms with E-state index < -0.39 is 6.10 Å². The summed E-state index contributed by atoms with van der Waals surface area (Å²) in [5.41, 5.74) is 2.47. The fraction of sp³-hybridized carbons (Fsp3) is 0.462. The van der Waals surface area contributed by atoms with Gasteiger partial charge in [-0.15, -0.1) is 0 Å². The highest BCUT2D eigenvalue weighted by Gasteiger charge is 2.12. The van der Waals surface area contributed by atoms with Crippen molar-refractivity contribution in [3.8, 4) is 6.07 Å². The van der Waals surface area contributed by atoms with Crippen molar-refractivity contribution in [2.45, 2.75) is 26.9 Å². The highest BCUT2D eigenvalue weighted by atomic mass is 16.3. The van der Waals surface area contributed by atoms with Gasteiger partial charge in [0.2, 0.25) is 0 Å². The first-order valence-corrected chi connectivity index (χ1v) is 5.61. The Hall–Kier alpha value is -1.53. The van der Waals surface area contributed by atoms with E-state index >= 15 is 0 Å². The molecule has 0 heterocycles. The van der Waals surface area contributed by atoms with Crippen molar-refractivity contribution in [1.82, 2.24) is 0 Å². The zero-order chi connectivity index (χ0) is 12.1. The Balaban J connectivity index is 3.25. The molecular formula is C13H18N2O. The van der Waals surface area contributed by atoms with Gasteiger partial charge in [-0.2, -0.15) is 5.26 Å². The van der Waals surface area contributed by atoms with Gasteiger partial charge in [0.25, 0.3) is 0 Å². The molecule has 0 spiro atoms. The molecule has 0 bridgehead atoms. The van der Waals surface area contributed by atoms with E-state index in [1.807, 2.05) is 12.1 Å². The van der Waals surface area contributed by atoms with E-state index in [2.05, 4.69) is 24.8 Å². The van der Waals surface area contributed by atoms with Crippen LogP contribution in [0.2, 0.25) is 0 Å². The highest BCUT2D eigenvalue weighted by molar-refractivity contribution is 5.58. The zero-order valence-corrected chi connectivity index (χ0v) is 10.1. The van der Waals surface area contributed by atoms with Crippen molar-refractivity contribution in [1.29, 1.82) is 5.26 Å². The number of nitrogens with zero attached hydrogens (tertiary/aromatic N) is 2. The molecule has 16 heavy (non-hydrogen) atoms. The summed E-state index contributed by atoms with van der Waals surface area (Å²) in [6.45, 7) is 7.60. The summed E-state index contributed by atoms with van der Waals surface area (Å²) in [6.07, 6.45) is -0.511. The number of benzene rings is 1. The number of aliphatic hydroxyl groups is 1. The van der Waals surface area contributed by atoms with Crippen LogP contribution in [0.5, 0.6) is 0 Å². The first kappa shape index (κ1) is 12.5. The predicted octanol–water partition coefficient (Wildman–Crippen LogP) is 2.46. The molecular weight excluding hydrogens is 200 g/mol. The average molecular weight is 218 g/mol. The molecule has 1 aromatic rings. The monoisotopic (exact) mass is 218 g/mol. The molecule has 1 rings (SSSR count). The predicted molar refractivity (Wildman–Crippen MR) is 65.4 cm³/mol. The fourth-order valence-corrected chi connectivity index (χ4v) is 1.80. The van der Waals surface area contributed by atoms with Crippen LogP contribution in [0.1, 0.15) is 38.0 Å². The zero-order valence-electron chi connectivity index (χ0n) is 10.1. The molecule has 0 aliphatic rings. The molecule has 0 unspecified atom stereocenters. The van der Waals surface area contributed by atoms with Gasteiger partial charge in [-0.1, -0.05) is 6.07 Å². The smallest absolute Gasteiger partial charge is 0.0992 e. The van der Waals surface area contributed by atoms with E-state index in [1.165, 1.54) is 0 Å². The fourth-order valence-electron chi connectivity index (χ4n) is 1.80. The number of anilines is 1. The van der Waals surface area contributed by atoms with Crippen LogP contribution in [0.25, 0.3) is 0 Å². The summed E-state index contributed by atoms with van der Waals surface area (Å²) in [5, 5.41) is 18.6. The third kappa shape index (κ3) is 2.53. The normalized spacial score (nSPS) is 11.9. The summed E-state index contributed by atoms with van der Waals surface area (Å²) in [6, 6.07) is 7.55. The number of hydrogen-bond acceptors (Lipinski definition) is 3. The van der Waals surface area contributed by atoms with Crippen molar-refractivity contribution in [2.24, 2.45) is 0 Å². The largest absolute Gasteiger partial charge is 0.389 e. The van der Waals surface area contributed by atoms with Crippen LogP contribution < -0.4 is 4.90 Å². The van der Waals surface area contributed by atoms with Crippen molar-refractivity contribution >= 4 is 5.69 Å². The molecule has 0 radical (unpaired) electrons. The second-order valence-electron chi connectivity index (χ2n) is 3.73. The Bertz CT molecular complexity index is 389. The molecule has 0 amide bonds. The van der Waals surface area contributed by atoms with Crippen LogP contribution in [0, 0.1) is 11.3 Å². The van der Waals surface area contributed by atoms with Gasteiger partial charge in [0, 0.05) is 24.3 Å². The van der Waals surface area contributed by atoms with Gasteiger partial charge in [-0.25, -0.2) is 0 Å². The van der Waals surface area contributed by atoms with Crippen molar-refractivity contribution in [3.05, 3.63) is 29.3 Å². The van der Waals surface area contributed by atoms with Gasteiger partial charge in [0.1, 0.15) is 0 Å². The van der Waals surface area contributed by atoms with Gasteiger partial charge in [0.05, 0.1) is 17.7 Å². The van der Waals surface area contributed by atoms with Crippen LogP contribution in [0.15, 0.2) is 18.2 Å². The standard InChI is InChI=1S/C13H18N2O/c1-4-15(5-2)13-8-11(9-14)6-7-12(13)10(3)16/h6-8,10,16H,4-5H2,1-3H3/t10-/m1/s1. The second-order valence-corrected chi connectivity index (χ2v) is 3.73. The Morgan fingerprint density at radius 2 is 2.00 bits per heavy atom. The molecule has 1 aromatic carbocycles. The topological polar surface area (TPSA) is 47.3 Å². The molecule has 0 aliphatic heterocycles. The van der Waals surface area contributed by atoms with E-state index in [0.717, 1.165) is 24.3 Å². The lowest BCUT2D eigenvalue weighted by molar-refractivity contribution is 0.199. The molecule has 3 nitrogen and oxygen atoms in total. The van der Waals surface area contributed by atoms with Crippen LogP contribution in [0.3, 0.4) is 0 Å². The molecule has 1 N–H and O–H groups in total. The van der Waals surface area contributed by atoms with E-state index in [9.17, 15) is 5.11 Å². The van der Waals surface area contributed by atoms with E-state index in [0.29, 0.717) is 5.56 Å². The van der Waals surface area contributed by atoms with E-state index in [1.54, 1.807) is 13.0 Å². The number of hydrogen-bond donors (Lipinski definition) is 1. The molecule has 86 valence electrons. The minimum absolute atomic E-state index is 0.511. The number of aliphatic hydroxyl groups excluding tert-OH is 1. The van der Waals surface area contributed by atoms with Gasteiger partial charge in [-0.05, 0) is 32.9 Å². The van der Waals surface area contributed by atoms with Gasteiger partial charge in [0.15, 0.2) is 0 Å². The lowest BCUT2D eigenvalue weighted by Gasteiger charge is -2.25. The van der Waals surface area contributed by atoms with Gasteiger partial charge in [-0.3, -0.25) is 0 Å².